The van der Waals surface area contributed by atoms with Crippen LogP contribution in [0, 0.1) is 28.9 Å². The molecular weight excluding hydrogens is 418 g/mol. The third-order valence-electron chi connectivity index (χ3n) is 7.12. The average molecular weight is 438 g/mol. The van der Waals surface area contributed by atoms with E-state index in [1.807, 2.05) is 0 Å². The molecule has 2 aromatic rings. The van der Waals surface area contributed by atoms with E-state index in [-0.39, 0.29) is 34.0 Å². The topological polar surface area (TPSA) is 20.3 Å². The van der Waals surface area contributed by atoms with Gasteiger partial charge in [0, 0.05) is 28.1 Å². The van der Waals surface area contributed by atoms with E-state index in [1.165, 1.54) is 36.1 Å². The smallest absolute Gasteiger partial charge is 0.269 e. The number of rotatable bonds is 4. The van der Waals surface area contributed by atoms with E-state index in [2.05, 4.69) is 0 Å². The van der Waals surface area contributed by atoms with Gasteiger partial charge in [-0.3, -0.25) is 4.79 Å². The second kappa shape index (κ2) is 6.46. The second-order valence-corrected chi connectivity index (χ2v) is 9.35. The number of fused-ring (bicyclic) bond motifs is 1. The van der Waals surface area contributed by atoms with Crippen molar-refractivity contribution in [2.45, 2.75) is 38.2 Å². The third kappa shape index (κ3) is 2.95. The maximum Gasteiger partial charge on any atom is 0.269 e. The number of amides is 1. The van der Waals surface area contributed by atoms with E-state index in [0.717, 1.165) is 18.9 Å². The van der Waals surface area contributed by atoms with Gasteiger partial charge in [-0.1, -0.05) is 36.7 Å². The molecule has 0 unspecified atom stereocenters. The summed E-state index contributed by atoms with van der Waals surface area (Å²) in [6.07, 6.45) is 1.49. The summed E-state index contributed by atoms with van der Waals surface area (Å²) in [7, 11) is 0. The van der Waals surface area contributed by atoms with E-state index >= 15 is 4.39 Å². The van der Waals surface area contributed by atoms with Gasteiger partial charge in [0.1, 0.15) is 11.6 Å². The van der Waals surface area contributed by atoms with Gasteiger partial charge in [0.15, 0.2) is 0 Å². The van der Waals surface area contributed by atoms with Crippen LogP contribution in [0.25, 0.3) is 11.1 Å². The van der Waals surface area contributed by atoms with E-state index in [9.17, 15) is 18.0 Å². The number of likely N-dealkylation sites (tertiary alicyclic amines) is 1. The molecule has 0 bridgehead atoms. The number of carbonyl (C=O) groups is 1. The van der Waals surface area contributed by atoms with Gasteiger partial charge in [0.05, 0.1) is 12.0 Å². The molecule has 30 heavy (non-hydrogen) atoms. The Balaban J connectivity index is 1.48. The van der Waals surface area contributed by atoms with E-state index in [0.29, 0.717) is 5.92 Å². The van der Waals surface area contributed by atoms with Crippen LogP contribution in [0.1, 0.15) is 25.3 Å². The zero-order chi connectivity index (χ0) is 21.4. The fourth-order valence-electron chi connectivity index (χ4n) is 4.76. The summed E-state index contributed by atoms with van der Waals surface area (Å²) >= 11 is 5.94. The van der Waals surface area contributed by atoms with Crippen LogP contribution in [0.2, 0.25) is 5.02 Å². The highest BCUT2D eigenvalue weighted by molar-refractivity contribution is 6.30. The summed E-state index contributed by atoms with van der Waals surface area (Å²) in [4.78, 5) is 14.2. The minimum absolute atomic E-state index is 0.0114. The number of hydrogen-bond donors (Lipinski definition) is 0. The van der Waals surface area contributed by atoms with Crippen molar-refractivity contribution in [3.63, 3.8) is 0 Å². The molecule has 3 fully saturated rings. The Morgan fingerprint density at radius 1 is 1.17 bits per heavy atom. The van der Waals surface area contributed by atoms with Crippen LogP contribution in [0.15, 0.2) is 36.4 Å². The summed E-state index contributed by atoms with van der Waals surface area (Å²) in [5, 5.41) is 0.264. The molecule has 1 heterocycles. The first-order valence-electron chi connectivity index (χ1n) is 10.1. The molecule has 2 nitrogen and oxygen atoms in total. The lowest BCUT2D eigenvalue weighted by Crippen LogP contribution is -2.41. The molecule has 1 amide bonds. The maximum absolute atomic E-state index is 15.3. The Morgan fingerprint density at radius 2 is 1.87 bits per heavy atom. The summed E-state index contributed by atoms with van der Waals surface area (Å²) in [6.45, 7) is 0.779. The standard InChI is InChI=1S/C23H20ClF4NO/c1-12-19(29(11-23(12,27)28)21(30)22-9-14(22)10-22)7-13-3-2-4-16(20(13)26)17-8-15(24)5-6-18(17)25/h2-6,8,12,14,19H,7,9-11H2,1H3/t12-,14?,19+,22?/m1/s1. The average Bonchev–Trinajstić information content (AvgIpc) is 3.55. The Hall–Kier alpha value is -2.08. The van der Waals surface area contributed by atoms with Crippen LogP contribution in [0.4, 0.5) is 17.6 Å². The summed E-state index contributed by atoms with van der Waals surface area (Å²) in [5.41, 5.74) is -0.217. The molecular formula is C23H20ClF4NO. The summed E-state index contributed by atoms with van der Waals surface area (Å²) in [5.74, 6) is -5.31. The highest BCUT2D eigenvalue weighted by Crippen LogP contribution is 2.76. The number of hydrogen-bond acceptors (Lipinski definition) is 1. The van der Waals surface area contributed by atoms with Crippen LogP contribution >= 0.6 is 11.6 Å². The molecule has 7 heteroatoms. The molecule has 3 aliphatic rings. The van der Waals surface area contributed by atoms with Gasteiger partial charge in [0.2, 0.25) is 5.91 Å². The number of alkyl halides is 2. The van der Waals surface area contributed by atoms with Crippen molar-refractivity contribution in [2.75, 3.05) is 6.54 Å². The molecule has 1 aliphatic heterocycles. The number of carbonyl (C=O) groups excluding carboxylic acids is 1. The van der Waals surface area contributed by atoms with Crippen molar-refractivity contribution < 1.29 is 22.4 Å². The normalized spacial score (nSPS) is 30.9. The quantitative estimate of drug-likeness (QED) is 0.560. The highest BCUT2D eigenvalue weighted by Gasteiger charge is 2.76. The maximum atomic E-state index is 15.3. The minimum atomic E-state index is -3.02. The molecule has 2 aromatic carbocycles. The Kier molecular flexibility index (Phi) is 4.27. The Bertz CT molecular complexity index is 1050. The van der Waals surface area contributed by atoms with Gasteiger partial charge < -0.3 is 4.90 Å². The molecule has 0 spiro atoms. The Morgan fingerprint density at radius 3 is 2.53 bits per heavy atom. The van der Waals surface area contributed by atoms with Crippen LogP contribution in [0.5, 0.6) is 0 Å². The van der Waals surface area contributed by atoms with Gasteiger partial charge in [-0.05, 0) is 48.9 Å². The molecule has 0 N–H and O–H groups in total. The molecule has 0 aromatic heterocycles. The van der Waals surface area contributed by atoms with Crippen LogP contribution in [-0.2, 0) is 11.2 Å². The first kappa shape index (κ1) is 19.9. The minimum Gasteiger partial charge on any atom is -0.332 e. The van der Waals surface area contributed by atoms with Crippen LogP contribution in [0.3, 0.4) is 0 Å². The van der Waals surface area contributed by atoms with E-state index < -0.39 is 41.5 Å². The van der Waals surface area contributed by atoms with Crippen molar-refractivity contribution in [1.29, 1.82) is 0 Å². The first-order chi connectivity index (χ1) is 14.1. The zero-order valence-corrected chi connectivity index (χ0v) is 17.0. The van der Waals surface area contributed by atoms with Gasteiger partial charge in [-0.15, -0.1) is 0 Å². The lowest BCUT2D eigenvalue weighted by Gasteiger charge is -2.28. The SMILES string of the molecule is C[C@@H]1[C@H](Cc2cccc(-c3cc(Cl)ccc3F)c2F)N(C(=O)C23CC2C3)CC1(F)F. The molecule has 1 saturated heterocycles. The van der Waals surface area contributed by atoms with Crippen molar-refractivity contribution in [2.24, 2.45) is 17.3 Å². The predicted octanol–water partition coefficient (Wildman–Crippen LogP) is 5.72. The molecule has 5 rings (SSSR count). The lowest BCUT2D eigenvalue weighted by molar-refractivity contribution is -0.136. The zero-order valence-electron chi connectivity index (χ0n) is 16.3. The molecule has 2 saturated carbocycles. The number of benzene rings is 2. The summed E-state index contributed by atoms with van der Waals surface area (Å²) in [6, 6.07) is 7.55. The lowest BCUT2D eigenvalue weighted by atomic mass is 9.91. The van der Waals surface area contributed by atoms with Crippen molar-refractivity contribution in [3.8, 4) is 11.1 Å². The third-order valence-corrected chi connectivity index (χ3v) is 7.36. The summed E-state index contributed by atoms with van der Waals surface area (Å²) < 4.78 is 58.6. The van der Waals surface area contributed by atoms with Crippen molar-refractivity contribution >= 4 is 17.5 Å². The van der Waals surface area contributed by atoms with Crippen LogP contribution < -0.4 is 0 Å². The van der Waals surface area contributed by atoms with Gasteiger partial charge >= 0.3 is 0 Å². The fourth-order valence-corrected chi connectivity index (χ4v) is 4.93. The fraction of sp³-hybridized carbons (Fsp3) is 0.435. The largest absolute Gasteiger partial charge is 0.332 e. The monoisotopic (exact) mass is 437 g/mol. The first-order valence-corrected chi connectivity index (χ1v) is 10.4. The second-order valence-electron chi connectivity index (χ2n) is 8.92. The van der Waals surface area contributed by atoms with E-state index in [1.54, 1.807) is 6.07 Å². The molecule has 0 radical (unpaired) electrons. The van der Waals surface area contributed by atoms with E-state index in [4.69, 9.17) is 11.6 Å². The van der Waals surface area contributed by atoms with Crippen molar-refractivity contribution in [1.82, 2.24) is 4.90 Å². The number of nitrogens with zero attached hydrogens (tertiary/aromatic N) is 1. The van der Waals surface area contributed by atoms with Gasteiger partial charge in [-0.25, -0.2) is 17.6 Å². The van der Waals surface area contributed by atoms with Crippen molar-refractivity contribution in [3.05, 3.63) is 58.6 Å². The van der Waals surface area contributed by atoms with Gasteiger partial charge in [0.25, 0.3) is 5.92 Å². The molecule has 2 atom stereocenters. The Labute approximate surface area is 176 Å². The predicted molar refractivity (Wildman–Crippen MR) is 105 cm³/mol. The molecule has 2 aliphatic carbocycles. The highest BCUT2D eigenvalue weighted by atomic mass is 35.5. The number of halogens is 5. The van der Waals surface area contributed by atoms with Crippen LogP contribution in [-0.4, -0.2) is 29.3 Å². The molecule has 158 valence electrons. The van der Waals surface area contributed by atoms with Gasteiger partial charge in [-0.2, -0.15) is 0 Å².